The number of amides is 2. The Morgan fingerprint density at radius 2 is 2.12 bits per heavy atom. The molecule has 0 bridgehead atoms. The van der Waals surface area contributed by atoms with Crippen molar-refractivity contribution in [2.75, 3.05) is 19.6 Å². The van der Waals surface area contributed by atoms with Gasteiger partial charge in [-0.2, -0.15) is 5.10 Å². The highest BCUT2D eigenvalue weighted by Gasteiger charge is 2.45. The molecule has 2 fully saturated rings. The van der Waals surface area contributed by atoms with Crippen LogP contribution in [0.3, 0.4) is 0 Å². The molecule has 0 unspecified atom stereocenters. The van der Waals surface area contributed by atoms with E-state index in [1.807, 2.05) is 19.2 Å². The summed E-state index contributed by atoms with van der Waals surface area (Å²) in [4.78, 5) is 27.5. The monoisotopic (exact) mass is 356 g/mol. The van der Waals surface area contributed by atoms with Crippen LogP contribution in [0.4, 0.5) is 0 Å². The predicted molar refractivity (Wildman–Crippen MR) is 94.5 cm³/mol. The van der Waals surface area contributed by atoms with Crippen LogP contribution < -0.4 is 5.32 Å². The van der Waals surface area contributed by atoms with Gasteiger partial charge >= 0.3 is 0 Å². The lowest BCUT2D eigenvalue weighted by Crippen LogP contribution is -2.56. The SMILES string of the molecule is Cc1ccoc1C(=O)N1CCC(C(=O)NCC2CC2)(n2cccn2)CC1. The van der Waals surface area contributed by atoms with Gasteiger partial charge in [0.05, 0.1) is 6.26 Å². The summed E-state index contributed by atoms with van der Waals surface area (Å²) in [7, 11) is 0. The summed E-state index contributed by atoms with van der Waals surface area (Å²) in [5.74, 6) is 0.904. The Morgan fingerprint density at radius 3 is 2.69 bits per heavy atom. The number of hydrogen-bond acceptors (Lipinski definition) is 4. The van der Waals surface area contributed by atoms with E-state index in [9.17, 15) is 9.59 Å². The largest absolute Gasteiger partial charge is 0.459 e. The highest BCUT2D eigenvalue weighted by Crippen LogP contribution is 2.32. The fourth-order valence-electron chi connectivity index (χ4n) is 3.62. The normalized spacial score (nSPS) is 19.3. The topological polar surface area (TPSA) is 80.4 Å². The molecule has 0 atom stereocenters. The molecule has 7 heteroatoms. The number of likely N-dealkylation sites (tertiary alicyclic amines) is 1. The first-order valence-electron chi connectivity index (χ1n) is 9.22. The van der Waals surface area contributed by atoms with Crippen molar-refractivity contribution in [2.45, 2.75) is 38.1 Å². The van der Waals surface area contributed by atoms with Crippen LogP contribution in [0.2, 0.25) is 0 Å². The lowest BCUT2D eigenvalue weighted by molar-refractivity contribution is -0.133. The summed E-state index contributed by atoms with van der Waals surface area (Å²) in [5.41, 5.74) is 0.106. The van der Waals surface area contributed by atoms with Crippen molar-refractivity contribution in [1.82, 2.24) is 20.0 Å². The first kappa shape index (κ1) is 16.9. The van der Waals surface area contributed by atoms with Crippen LogP contribution in [0.1, 0.15) is 41.8 Å². The van der Waals surface area contributed by atoms with Gasteiger partial charge in [0.1, 0.15) is 5.54 Å². The quantitative estimate of drug-likeness (QED) is 0.888. The molecule has 0 radical (unpaired) electrons. The number of rotatable bonds is 5. The Morgan fingerprint density at radius 1 is 1.35 bits per heavy atom. The second-order valence-corrected chi connectivity index (χ2v) is 7.36. The Bertz CT molecular complexity index is 784. The average molecular weight is 356 g/mol. The van der Waals surface area contributed by atoms with E-state index in [1.54, 1.807) is 21.8 Å². The third-order valence-electron chi connectivity index (χ3n) is 5.55. The molecule has 1 aliphatic carbocycles. The van der Waals surface area contributed by atoms with Gasteiger partial charge in [-0.15, -0.1) is 0 Å². The molecule has 0 aromatic carbocycles. The van der Waals surface area contributed by atoms with Crippen molar-refractivity contribution in [3.8, 4) is 0 Å². The molecule has 1 aliphatic heterocycles. The maximum atomic E-state index is 13.0. The standard InChI is InChI=1S/C19H24N4O3/c1-14-5-12-26-16(14)17(24)22-10-6-19(7-11-22,23-9-2-8-21-23)18(25)20-13-15-3-4-15/h2,5,8-9,12,15H,3-4,6-7,10-11,13H2,1H3,(H,20,25). The van der Waals surface area contributed by atoms with Gasteiger partial charge in [0, 0.05) is 37.6 Å². The van der Waals surface area contributed by atoms with Gasteiger partial charge < -0.3 is 14.6 Å². The minimum absolute atomic E-state index is 0.00868. The first-order chi connectivity index (χ1) is 12.6. The van der Waals surface area contributed by atoms with Crippen LogP contribution in [0.5, 0.6) is 0 Å². The molecule has 1 saturated heterocycles. The van der Waals surface area contributed by atoms with E-state index in [0.29, 0.717) is 37.6 Å². The molecular weight excluding hydrogens is 332 g/mol. The summed E-state index contributed by atoms with van der Waals surface area (Å²) in [6.45, 7) is 3.58. The van der Waals surface area contributed by atoms with E-state index in [1.165, 1.54) is 19.1 Å². The lowest BCUT2D eigenvalue weighted by Gasteiger charge is -2.40. The number of piperidine rings is 1. The van der Waals surface area contributed by atoms with E-state index in [4.69, 9.17) is 4.42 Å². The summed E-state index contributed by atoms with van der Waals surface area (Å²) in [6, 6.07) is 3.62. The van der Waals surface area contributed by atoms with E-state index in [2.05, 4.69) is 10.4 Å². The molecule has 7 nitrogen and oxygen atoms in total. The minimum Gasteiger partial charge on any atom is -0.459 e. The van der Waals surface area contributed by atoms with Crippen LogP contribution >= 0.6 is 0 Å². The van der Waals surface area contributed by atoms with Crippen LogP contribution in [0, 0.1) is 12.8 Å². The molecule has 2 aromatic rings. The second-order valence-electron chi connectivity index (χ2n) is 7.36. The Hall–Kier alpha value is -2.57. The van der Waals surface area contributed by atoms with E-state index < -0.39 is 5.54 Å². The number of aromatic nitrogens is 2. The van der Waals surface area contributed by atoms with Gasteiger partial charge in [-0.3, -0.25) is 14.3 Å². The molecule has 138 valence electrons. The number of nitrogens with one attached hydrogen (secondary N) is 1. The number of nitrogens with zero attached hydrogens (tertiary/aromatic N) is 3. The van der Waals surface area contributed by atoms with Crippen LogP contribution in [0.25, 0.3) is 0 Å². The third-order valence-corrected chi connectivity index (χ3v) is 5.55. The molecule has 1 N–H and O–H groups in total. The number of carbonyl (C=O) groups excluding carboxylic acids is 2. The van der Waals surface area contributed by atoms with E-state index in [0.717, 1.165) is 12.1 Å². The molecular formula is C19H24N4O3. The molecule has 3 heterocycles. The third kappa shape index (κ3) is 3.02. The molecule has 2 aromatic heterocycles. The zero-order valence-corrected chi connectivity index (χ0v) is 15.0. The van der Waals surface area contributed by atoms with Gasteiger partial charge in [-0.1, -0.05) is 0 Å². The first-order valence-corrected chi connectivity index (χ1v) is 9.22. The minimum atomic E-state index is -0.729. The van der Waals surface area contributed by atoms with E-state index in [-0.39, 0.29) is 11.8 Å². The van der Waals surface area contributed by atoms with Gasteiger partial charge in [-0.25, -0.2) is 0 Å². The molecule has 0 spiro atoms. The number of carbonyl (C=O) groups is 2. The summed E-state index contributed by atoms with van der Waals surface area (Å²) in [5, 5.41) is 7.45. The Labute approximate surface area is 152 Å². The molecule has 4 rings (SSSR count). The lowest BCUT2D eigenvalue weighted by atomic mass is 9.86. The van der Waals surface area contributed by atoms with Gasteiger partial charge in [-0.05, 0) is 50.7 Å². The van der Waals surface area contributed by atoms with Gasteiger partial charge in [0.15, 0.2) is 5.76 Å². The Balaban J connectivity index is 1.49. The zero-order chi connectivity index (χ0) is 18.1. The average Bonchev–Trinajstić information content (AvgIpc) is 3.13. The van der Waals surface area contributed by atoms with Crippen molar-refractivity contribution < 1.29 is 14.0 Å². The predicted octanol–water partition coefficient (Wildman–Crippen LogP) is 1.94. The fraction of sp³-hybridized carbons (Fsp3) is 0.526. The molecule has 1 saturated carbocycles. The maximum Gasteiger partial charge on any atom is 0.289 e. The number of hydrogen-bond donors (Lipinski definition) is 1. The summed E-state index contributed by atoms with van der Waals surface area (Å²) >= 11 is 0. The smallest absolute Gasteiger partial charge is 0.289 e. The van der Waals surface area contributed by atoms with Crippen LogP contribution in [0.15, 0.2) is 35.2 Å². The van der Waals surface area contributed by atoms with Crippen molar-refractivity contribution in [3.05, 3.63) is 42.1 Å². The van der Waals surface area contributed by atoms with Crippen LogP contribution in [-0.4, -0.2) is 46.1 Å². The van der Waals surface area contributed by atoms with Crippen molar-refractivity contribution in [2.24, 2.45) is 5.92 Å². The van der Waals surface area contributed by atoms with Crippen molar-refractivity contribution in [1.29, 1.82) is 0 Å². The summed E-state index contributed by atoms with van der Waals surface area (Å²) < 4.78 is 7.09. The number of furan rings is 1. The number of aryl methyl sites for hydroxylation is 1. The van der Waals surface area contributed by atoms with Crippen LogP contribution in [-0.2, 0) is 10.3 Å². The maximum absolute atomic E-state index is 13.0. The van der Waals surface area contributed by atoms with Gasteiger partial charge in [0.2, 0.25) is 5.91 Å². The van der Waals surface area contributed by atoms with E-state index >= 15 is 0 Å². The van der Waals surface area contributed by atoms with Crippen molar-refractivity contribution >= 4 is 11.8 Å². The zero-order valence-electron chi connectivity index (χ0n) is 15.0. The fourth-order valence-corrected chi connectivity index (χ4v) is 3.62. The molecule has 2 amide bonds. The molecule has 26 heavy (non-hydrogen) atoms. The summed E-state index contributed by atoms with van der Waals surface area (Å²) in [6.07, 6.45) is 8.53. The van der Waals surface area contributed by atoms with Gasteiger partial charge in [0.25, 0.3) is 5.91 Å². The van der Waals surface area contributed by atoms with Crippen molar-refractivity contribution in [3.63, 3.8) is 0 Å². The second kappa shape index (κ2) is 6.63. The highest BCUT2D eigenvalue weighted by atomic mass is 16.3. The molecule has 2 aliphatic rings. The highest BCUT2D eigenvalue weighted by molar-refractivity contribution is 5.93. The Kier molecular flexibility index (Phi) is 4.30.